The first-order valence-corrected chi connectivity index (χ1v) is 8.94. The first kappa shape index (κ1) is 19.4. The lowest BCUT2D eigenvalue weighted by Crippen LogP contribution is -2.48. The van der Waals surface area contributed by atoms with Gasteiger partial charge in [-0.2, -0.15) is 0 Å². The molecule has 0 bridgehead atoms. The minimum atomic E-state index is -0.603. The Hall–Kier alpha value is -1.92. The summed E-state index contributed by atoms with van der Waals surface area (Å²) in [6.45, 7) is 5.51. The fourth-order valence-corrected chi connectivity index (χ4v) is 2.79. The first-order chi connectivity index (χ1) is 12.0. The quantitative estimate of drug-likeness (QED) is 0.742. The van der Waals surface area contributed by atoms with Crippen molar-refractivity contribution in [3.05, 3.63) is 35.9 Å². The number of carbonyl (C=O) groups excluding carboxylic acids is 2. The molecule has 0 radical (unpaired) electrons. The predicted molar refractivity (Wildman–Crippen MR) is 96.7 cm³/mol. The average Bonchev–Trinajstić information content (AvgIpc) is 3.12. The molecule has 25 heavy (non-hydrogen) atoms. The van der Waals surface area contributed by atoms with E-state index in [9.17, 15) is 9.59 Å². The summed E-state index contributed by atoms with van der Waals surface area (Å²) in [5, 5.41) is 2.66. The summed E-state index contributed by atoms with van der Waals surface area (Å²) in [5.41, 5.74) is 6.88. The average molecular weight is 347 g/mol. The zero-order chi connectivity index (χ0) is 18.2. The highest BCUT2D eigenvalue weighted by Gasteiger charge is 2.24. The molecule has 1 aromatic rings. The van der Waals surface area contributed by atoms with Crippen LogP contribution in [0.15, 0.2) is 30.3 Å². The smallest absolute Gasteiger partial charge is 0.242 e. The largest absolute Gasteiger partial charge is 0.376 e. The van der Waals surface area contributed by atoms with Crippen molar-refractivity contribution in [3.63, 3.8) is 0 Å². The van der Waals surface area contributed by atoms with Gasteiger partial charge in [0.05, 0.1) is 18.7 Å². The molecule has 1 saturated heterocycles. The van der Waals surface area contributed by atoms with E-state index >= 15 is 0 Å². The van der Waals surface area contributed by atoms with E-state index in [0.29, 0.717) is 13.1 Å². The van der Waals surface area contributed by atoms with Crippen molar-refractivity contribution in [2.45, 2.75) is 45.4 Å². The molecule has 1 aromatic carbocycles. The van der Waals surface area contributed by atoms with Gasteiger partial charge in [-0.3, -0.25) is 9.59 Å². The summed E-state index contributed by atoms with van der Waals surface area (Å²) in [5.74, 6) is -0.383. The Balaban J connectivity index is 1.95. The normalized spacial score (nSPS) is 18.2. The Morgan fingerprint density at radius 2 is 2.04 bits per heavy atom. The van der Waals surface area contributed by atoms with E-state index < -0.39 is 6.04 Å². The summed E-state index contributed by atoms with van der Waals surface area (Å²) >= 11 is 0. The van der Waals surface area contributed by atoms with Gasteiger partial charge in [0.2, 0.25) is 11.8 Å². The van der Waals surface area contributed by atoms with Crippen LogP contribution >= 0.6 is 0 Å². The minimum Gasteiger partial charge on any atom is -0.376 e. The summed E-state index contributed by atoms with van der Waals surface area (Å²) in [4.78, 5) is 26.4. The topological polar surface area (TPSA) is 84.7 Å². The first-order valence-electron chi connectivity index (χ1n) is 8.94. The molecule has 6 nitrogen and oxygen atoms in total. The predicted octanol–water partition coefficient (Wildman–Crippen LogP) is 1.29. The maximum atomic E-state index is 12.6. The molecule has 2 amide bonds. The zero-order valence-electron chi connectivity index (χ0n) is 15.1. The van der Waals surface area contributed by atoms with Gasteiger partial charge in [-0.1, -0.05) is 44.2 Å². The number of hydrogen-bond donors (Lipinski definition) is 2. The summed E-state index contributed by atoms with van der Waals surface area (Å²) < 4.78 is 5.67. The molecule has 3 N–H and O–H groups in total. The van der Waals surface area contributed by atoms with Gasteiger partial charge in [0.15, 0.2) is 0 Å². The molecule has 6 heteroatoms. The van der Waals surface area contributed by atoms with Crippen LogP contribution in [0.2, 0.25) is 0 Å². The van der Waals surface area contributed by atoms with Gasteiger partial charge in [-0.15, -0.1) is 0 Å². The highest BCUT2D eigenvalue weighted by molar-refractivity contribution is 5.87. The van der Waals surface area contributed by atoms with E-state index in [1.54, 1.807) is 4.90 Å². The van der Waals surface area contributed by atoms with Crippen molar-refractivity contribution in [2.24, 2.45) is 11.7 Å². The van der Waals surface area contributed by atoms with Crippen LogP contribution in [0, 0.1) is 5.92 Å². The molecular weight excluding hydrogens is 318 g/mol. The molecule has 1 unspecified atom stereocenters. The second-order valence-corrected chi connectivity index (χ2v) is 6.88. The number of nitrogens with one attached hydrogen (secondary N) is 1. The lowest BCUT2D eigenvalue weighted by Gasteiger charge is -2.26. The zero-order valence-corrected chi connectivity index (χ0v) is 15.1. The van der Waals surface area contributed by atoms with Crippen LogP contribution in [0.4, 0.5) is 0 Å². The standard InChI is InChI=1S/C19H29N3O3/c1-14(2)18(20)19(24)21-11-17(23)22(13-16-9-6-10-25-16)12-15-7-4-3-5-8-15/h3-5,7-8,14,16,18H,6,9-13,20H2,1-2H3,(H,21,24)/t16?,18-/m0/s1. The van der Waals surface area contributed by atoms with Crippen LogP contribution in [0.1, 0.15) is 32.3 Å². The van der Waals surface area contributed by atoms with E-state index in [2.05, 4.69) is 5.32 Å². The summed E-state index contributed by atoms with van der Waals surface area (Å²) in [6.07, 6.45) is 2.06. The fourth-order valence-electron chi connectivity index (χ4n) is 2.79. The Kier molecular flexibility index (Phi) is 7.40. The maximum Gasteiger partial charge on any atom is 0.242 e. The van der Waals surface area contributed by atoms with Gasteiger partial charge in [0.25, 0.3) is 0 Å². The number of carbonyl (C=O) groups is 2. The second kappa shape index (κ2) is 9.53. The molecule has 1 fully saturated rings. The molecule has 138 valence electrons. The van der Waals surface area contributed by atoms with Crippen molar-refractivity contribution >= 4 is 11.8 Å². The SMILES string of the molecule is CC(C)[C@H](N)C(=O)NCC(=O)N(Cc1ccccc1)CC1CCCO1. The molecule has 2 atom stereocenters. The van der Waals surface area contributed by atoms with Crippen molar-refractivity contribution in [2.75, 3.05) is 19.7 Å². The van der Waals surface area contributed by atoms with Gasteiger partial charge in [0, 0.05) is 19.7 Å². The second-order valence-electron chi connectivity index (χ2n) is 6.88. The van der Waals surface area contributed by atoms with Gasteiger partial charge in [0.1, 0.15) is 0 Å². The van der Waals surface area contributed by atoms with Gasteiger partial charge < -0.3 is 20.7 Å². The molecule has 2 rings (SSSR count). The number of nitrogens with zero attached hydrogens (tertiary/aromatic N) is 1. The highest BCUT2D eigenvalue weighted by atomic mass is 16.5. The molecule has 0 aromatic heterocycles. The summed E-state index contributed by atoms with van der Waals surface area (Å²) in [6, 6.07) is 9.23. The molecule has 0 aliphatic carbocycles. The number of nitrogens with two attached hydrogens (primary N) is 1. The molecule has 1 aliphatic heterocycles. The van der Waals surface area contributed by atoms with E-state index in [1.807, 2.05) is 44.2 Å². The number of hydrogen-bond acceptors (Lipinski definition) is 4. The van der Waals surface area contributed by atoms with Gasteiger partial charge in [-0.05, 0) is 24.3 Å². The van der Waals surface area contributed by atoms with E-state index in [4.69, 9.17) is 10.5 Å². The molecule has 0 saturated carbocycles. The molecular formula is C19H29N3O3. The Morgan fingerprint density at radius 1 is 1.32 bits per heavy atom. The van der Waals surface area contributed by atoms with Crippen molar-refractivity contribution < 1.29 is 14.3 Å². The van der Waals surface area contributed by atoms with Crippen molar-refractivity contribution in [1.29, 1.82) is 0 Å². The lowest BCUT2D eigenvalue weighted by molar-refractivity contribution is -0.135. The van der Waals surface area contributed by atoms with Gasteiger partial charge in [-0.25, -0.2) is 0 Å². The van der Waals surface area contributed by atoms with E-state index in [-0.39, 0.29) is 30.4 Å². The van der Waals surface area contributed by atoms with E-state index in [1.165, 1.54) is 0 Å². The third kappa shape index (κ3) is 6.14. The number of rotatable bonds is 8. The van der Waals surface area contributed by atoms with Crippen LogP contribution in [0.25, 0.3) is 0 Å². The highest BCUT2D eigenvalue weighted by Crippen LogP contribution is 2.15. The fraction of sp³-hybridized carbons (Fsp3) is 0.579. The van der Waals surface area contributed by atoms with Crippen LogP contribution in [-0.4, -0.2) is 48.6 Å². The Morgan fingerprint density at radius 3 is 2.64 bits per heavy atom. The Labute approximate surface area is 149 Å². The third-order valence-electron chi connectivity index (χ3n) is 4.45. The maximum absolute atomic E-state index is 12.6. The van der Waals surface area contributed by atoms with Gasteiger partial charge >= 0.3 is 0 Å². The third-order valence-corrected chi connectivity index (χ3v) is 4.45. The molecule has 1 aliphatic rings. The summed E-state index contributed by atoms with van der Waals surface area (Å²) in [7, 11) is 0. The Bertz CT molecular complexity index is 556. The number of ether oxygens (including phenoxy) is 1. The lowest BCUT2D eigenvalue weighted by atomic mass is 10.1. The number of amides is 2. The number of benzene rings is 1. The van der Waals surface area contributed by atoms with E-state index in [0.717, 1.165) is 25.0 Å². The molecule has 1 heterocycles. The minimum absolute atomic E-state index is 0.0300. The van der Waals surface area contributed by atoms with Crippen LogP contribution < -0.4 is 11.1 Å². The van der Waals surface area contributed by atoms with Crippen molar-refractivity contribution in [3.8, 4) is 0 Å². The van der Waals surface area contributed by atoms with Crippen LogP contribution in [-0.2, 0) is 20.9 Å². The molecule has 0 spiro atoms. The van der Waals surface area contributed by atoms with Crippen LogP contribution in [0.5, 0.6) is 0 Å². The van der Waals surface area contributed by atoms with Crippen LogP contribution in [0.3, 0.4) is 0 Å². The van der Waals surface area contributed by atoms with Crippen molar-refractivity contribution in [1.82, 2.24) is 10.2 Å². The monoisotopic (exact) mass is 347 g/mol.